The number of aldehydes is 2. The highest BCUT2D eigenvalue weighted by molar-refractivity contribution is 7.99. The number of nitrogens with zero attached hydrogens (tertiary/aromatic N) is 1. The second kappa shape index (κ2) is 29.8. The Morgan fingerprint density at radius 3 is 1.97 bits per heavy atom. The fourth-order valence-electron chi connectivity index (χ4n) is 2.82. The molecular formula is C26H50N4O6S. The summed E-state index contributed by atoms with van der Waals surface area (Å²) in [6.45, 7) is 7.50. The van der Waals surface area contributed by atoms with Crippen molar-refractivity contribution < 1.29 is 28.8 Å². The van der Waals surface area contributed by atoms with Gasteiger partial charge in [0.1, 0.15) is 12.6 Å². The van der Waals surface area contributed by atoms with E-state index in [9.17, 15) is 28.8 Å². The summed E-state index contributed by atoms with van der Waals surface area (Å²) < 4.78 is 0. The third-order valence-corrected chi connectivity index (χ3v) is 5.93. The van der Waals surface area contributed by atoms with Crippen LogP contribution in [0.3, 0.4) is 0 Å². The first-order chi connectivity index (χ1) is 17.8. The molecule has 3 N–H and O–H groups in total. The Labute approximate surface area is 227 Å². The van der Waals surface area contributed by atoms with Crippen LogP contribution < -0.4 is 16.0 Å². The largest absolute Gasteiger partial charge is 0.359 e. The van der Waals surface area contributed by atoms with E-state index in [1.165, 1.54) is 11.8 Å². The van der Waals surface area contributed by atoms with Gasteiger partial charge in [0, 0.05) is 52.9 Å². The van der Waals surface area contributed by atoms with Crippen LogP contribution >= 0.6 is 11.8 Å². The van der Waals surface area contributed by atoms with Gasteiger partial charge in [-0.2, -0.15) is 11.8 Å². The van der Waals surface area contributed by atoms with Gasteiger partial charge in [-0.25, -0.2) is 0 Å². The smallest absolute Gasteiger partial charge is 0.235 e. The van der Waals surface area contributed by atoms with Gasteiger partial charge in [-0.1, -0.05) is 33.6 Å². The first kappa shape index (κ1) is 39.1. The zero-order valence-electron chi connectivity index (χ0n) is 23.7. The lowest BCUT2D eigenvalue weighted by molar-refractivity contribution is -0.130. The lowest BCUT2D eigenvalue weighted by atomic mass is 10.1. The van der Waals surface area contributed by atoms with E-state index >= 15 is 0 Å². The third kappa shape index (κ3) is 26.4. The van der Waals surface area contributed by atoms with Crippen molar-refractivity contribution >= 4 is 48.0 Å². The monoisotopic (exact) mass is 546 g/mol. The molecule has 0 aliphatic rings. The highest BCUT2D eigenvalue weighted by atomic mass is 32.2. The van der Waals surface area contributed by atoms with Crippen LogP contribution in [0.5, 0.6) is 0 Å². The molecule has 0 aliphatic heterocycles. The Morgan fingerprint density at radius 2 is 1.43 bits per heavy atom. The highest BCUT2D eigenvalue weighted by Crippen LogP contribution is 2.13. The van der Waals surface area contributed by atoms with Crippen molar-refractivity contribution in [3.8, 4) is 0 Å². The second-order valence-corrected chi connectivity index (χ2v) is 8.94. The summed E-state index contributed by atoms with van der Waals surface area (Å²) in [5.74, 6) is -0.119. The molecule has 0 aromatic carbocycles. The minimum atomic E-state index is -0.304. The number of unbranched alkanes of at least 4 members (excludes halogenated alkanes) is 3. The van der Waals surface area contributed by atoms with Crippen LogP contribution in [-0.4, -0.2) is 86.3 Å². The third-order valence-electron chi connectivity index (χ3n) is 4.97. The molecule has 1 unspecified atom stereocenters. The van der Waals surface area contributed by atoms with E-state index in [1.54, 1.807) is 19.0 Å². The molecule has 0 aromatic heterocycles. The molecule has 1 atom stereocenters. The van der Waals surface area contributed by atoms with E-state index < -0.39 is 0 Å². The molecule has 0 aliphatic carbocycles. The topological polar surface area (TPSA) is 142 Å². The van der Waals surface area contributed by atoms with Gasteiger partial charge in [0.05, 0.1) is 11.8 Å². The van der Waals surface area contributed by atoms with Crippen LogP contribution in [0.2, 0.25) is 0 Å². The molecule has 0 rings (SSSR count). The molecule has 4 amide bonds. The highest BCUT2D eigenvalue weighted by Gasteiger charge is 2.20. The maximum Gasteiger partial charge on any atom is 0.235 e. The van der Waals surface area contributed by atoms with Gasteiger partial charge in [0.2, 0.25) is 23.6 Å². The van der Waals surface area contributed by atoms with Crippen molar-refractivity contribution in [3.05, 3.63) is 0 Å². The van der Waals surface area contributed by atoms with Crippen LogP contribution in [0.1, 0.15) is 85.0 Å². The summed E-state index contributed by atoms with van der Waals surface area (Å²) >= 11 is 1.38. The van der Waals surface area contributed by atoms with Gasteiger partial charge in [0.15, 0.2) is 0 Å². The number of carbonyl (C=O) groups is 6. The van der Waals surface area contributed by atoms with Crippen molar-refractivity contribution in [2.75, 3.05) is 40.0 Å². The molecule has 0 saturated heterocycles. The number of nitrogens with one attached hydrogen (secondary N) is 3. The first-order valence-electron chi connectivity index (χ1n) is 13.2. The van der Waals surface area contributed by atoms with E-state index in [1.807, 2.05) is 20.1 Å². The molecule has 0 bridgehead atoms. The van der Waals surface area contributed by atoms with E-state index in [-0.39, 0.29) is 41.8 Å². The van der Waals surface area contributed by atoms with Crippen molar-refractivity contribution in [1.82, 2.24) is 20.9 Å². The van der Waals surface area contributed by atoms with Crippen molar-refractivity contribution in [3.63, 3.8) is 0 Å². The maximum absolute atomic E-state index is 12.0. The number of thioether (sulfide) groups is 1. The van der Waals surface area contributed by atoms with E-state index in [0.717, 1.165) is 44.9 Å². The van der Waals surface area contributed by atoms with Gasteiger partial charge in [-0.15, -0.1) is 0 Å². The van der Waals surface area contributed by atoms with Crippen LogP contribution in [-0.2, 0) is 28.8 Å². The Bertz CT molecular complexity index is 634. The van der Waals surface area contributed by atoms with E-state index in [2.05, 4.69) is 22.9 Å². The summed E-state index contributed by atoms with van der Waals surface area (Å²) in [4.78, 5) is 67.4. The van der Waals surface area contributed by atoms with Crippen LogP contribution in [0.4, 0.5) is 0 Å². The number of hydrogen-bond acceptors (Lipinski definition) is 7. The van der Waals surface area contributed by atoms with Crippen LogP contribution in [0.15, 0.2) is 0 Å². The van der Waals surface area contributed by atoms with Crippen LogP contribution in [0.25, 0.3) is 0 Å². The molecule has 0 heterocycles. The fourth-order valence-corrected chi connectivity index (χ4v) is 3.48. The summed E-state index contributed by atoms with van der Waals surface area (Å²) in [6.07, 6.45) is 9.84. The summed E-state index contributed by atoms with van der Waals surface area (Å²) in [7, 11) is 3.33. The Balaban J connectivity index is -0.000000627. The zero-order chi connectivity index (χ0) is 28.9. The lowest BCUT2D eigenvalue weighted by Crippen LogP contribution is -2.35. The predicted octanol–water partition coefficient (Wildman–Crippen LogP) is 2.49. The maximum atomic E-state index is 12.0. The fraction of sp³-hybridized carbons (Fsp3) is 0.769. The molecule has 216 valence electrons. The molecule has 37 heavy (non-hydrogen) atoms. The minimum absolute atomic E-state index is 0.00800. The molecule has 11 heteroatoms. The minimum Gasteiger partial charge on any atom is -0.359 e. The first-order valence-corrected chi connectivity index (χ1v) is 14.4. The van der Waals surface area contributed by atoms with Gasteiger partial charge in [-0.05, 0) is 31.9 Å². The van der Waals surface area contributed by atoms with Gasteiger partial charge in [0.25, 0.3) is 0 Å². The van der Waals surface area contributed by atoms with Crippen molar-refractivity contribution in [2.24, 2.45) is 0 Å². The quantitative estimate of drug-likeness (QED) is 0.167. The second-order valence-electron chi connectivity index (χ2n) is 7.90. The Hall–Kier alpha value is -2.43. The lowest BCUT2D eigenvalue weighted by Gasteiger charge is -2.21. The van der Waals surface area contributed by atoms with Crippen molar-refractivity contribution in [2.45, 2.75) is 90.2 Å². The van der Waals surface area contributed by atoms with Crippen LogP contribution in [0, 0.1) is 0 Å². The molecule has 10 nitrogen and oxygen atoms in total. The summed E-state index contributed by atoms with van der Waals surface area (Å²) in [5.41, 5.74) is 0. The molecular weight excluding hydrogens is 496 g/mol. The molecule has 0 radical (unpaired) electrons. The molecule has 0 spiro atoms. The van der Waals surface area contributed by atoms with Crippen molar-refractivity contribution in [1.29, 1.82) is 0 Å². The van der Waals surface area contributed by atoms with Gasteiger partial charge in [-0.3, -0.25) is 19.2 Å². The van der Waals surface area contributed by atoms with E-state index in [4.69, 9.17) is 0 Å². The number of rotatable bonds is 19. The number of amides is 4. The summed E-state index contributed by atoms with van der Waals surface area (Å²) in [6, 6.07) is 0. The average Bonchev–Trinajstić information content (AvgIpc) is 2.91. The molecule has 0 fully saturated rings. The van der Waals surface area contributed by atoms with Gasteiger partial charge < -0.3 is 30.4 Å². The number of hydrogen-bond donors (Lipinski definition) is 3. The standard InChI is InChI=1S/C14H24N2O4S.C10H20N2O2.C2H6/c1-16(14(20)12(21-2)7-10-17)9-5-3-4-6-13(19)15-8-11-18;1-3-4-8-12-10(14)7-5-6-9(13)11-2;1-2/h10-12H,3-9H2,1-2H3,(H,15,19);3-8H2,1-2H3,(H,11,13)(H,12,14);1-2H3. The molecule has 0 aromatic rings. The zero-order valence-corrected chi connectivity index (χ0v) is 24.5. The SMILES string of the molecule is CC.CCCCNC(=O)CCCC(=O)NC.CSC(CC=O)C(=O)N(C)CCCCCC(=O)NCC=O. The predicted molar refractivity (Wildman–Crippen MR) is 150 cm³/mol. The molecule has 0 saturated carbocycles. The number of carbonyl (C=O) groups excluding carboxylic acids is 6. The Kier molecular flexibility index (Phi) is 31.5. The summed E-state index contributed by atoms with van der Waals surface area (Å²) in [5, 5.41) is 7.50. The Morgan fingerprint density at radius 1 is 0.838 bits per heavy atom. The van der Waals surface area contributed by atoms with E-state index in [0.29, 0.717) is 38.5 Å². The normalized spacial score (nSPS) is 10.3. The average molecular weight is 547 g/mol. The van der Waals surface area contributed by atoms with Gasteiger partial charge >= 0.3 is 0 Å².